The lowest BCUT2D eigenvalue weighted by molar-refractivity contribution is -0.138. The minimum absolute atomic E-state index is 0.0984. The van der Waals surface area contributed by atoms with Crippen LogP contribution in [0.15, 0.2) is 42.6 Å². The first kappa shape index (κ1) is 15.8. The van der Waals surface area contributed by atoms with Crippen LogP contribution in [0.5, 0.6) is 0 Å². The van der Waals surface area contributed by atoms with E-state index in [1.807, 2.05) is 0 Å². The van der Waals surface area contributed by atoms with Crippen molar-refractivity contribution < 1.29 is 18.0 Å². The number of alkyl halides is 3. The summed E-state index contributed by atoms with van der Waals surface area (Å²) in [5.74, 6) is -0.352. The van der Waals surface area contributed by atoms with Crippen molar-refractivity contribution in [2.75, 3.05) is 5.32 Å². The van der Waals surface area contributed by atoms with Gasteiger partial charge in [0.15, 0.2) is 0 Å². The molecule has 4 nitrogen and oxygen atoms in total. The number of rotatable bonds is 4. The number of hydrogen-bond donors (Lipinski definition) is 2. The van der Waals surface area contributed by atoms with Crippen LogP contribution in [0.3, 0.4) is 0 Å². The van der Waals surface area contributed by atoms with Crippen LogP contribution in [-0.4, -0.2) is 10.9 Å². The molecule has 116 valence electrons. The van der Waals surface area contributed by atoms with Gasteiger partial charge in [0.1, 0.15) is 5.82 Å². The Labute approximate surface area is 125 Å². The minimum Gasteiger partial charge on any atom is -0.366 e. The van der Waals surface area contributed by atoms with Gasteiger partial charge in [-0.1, -0.05) is 18.2 Å². The molecule has 1 atom stereocenters. The average Bonchev–Trinajstić information content (AvgIpc) is 2.46. The zero-order valence-electron chi connectivity index (χ0n) is 11.7. The molecule has 0 spiro atoms. The van der Waals surface area contributed by atoms with E-state index in [4.69, 9.17) is 5.73 Å². The van der Waals surface area contributed by atoms with E-state index in [0.717, 1.165) is 6.07 Å². The molecular weight excluding hydrogens is 295 g/mol. The molecule has 2 aromatic rings. The second kappa shape index (κ2) is 6.05. The predicted molar refractivity (Wildman–Crippen MR) is 76.2 cm³/mol. The van der Waals surface area contributed by atoms with Crippen molar-refractivity contribution in [2.45, 2.75) is 19.1 Å². The van der Waals surface area contributed by atoms with Gasteiger partial charge < -0.3 is 11.1 Å². The van der Waals surface area contributed by atoms with Crippen molar-refractivity contribution in [3.63, 3.8) is 0 Å². The highest BCUT2D eigenvalue weighted by Gasteiger charge is 2.34. The Morgan fingerprint density at radius 3 is 2.59 bits per heavy atom. The summed E-state index contributed by atoms with van der Waals surface area (Å²) in [6, 6.07) is 7.49. The van der Waals surface area contributed by atoms with Gasteiger partial charge in [-0.15, -0.1) is 0 Å². The van der Waals surface area contributed by atoms with Gasteiger partial charge in [-0.25, -0.2) is 4.98 Å². The van der Waals surface area contributed by atoms with Crippen LogP contribution in [0.1, 0.15) is 34.5 Å². The molecule has 1 amide bonds. The molecule has 0 aliphatic heterocycles. The molecule has 0 aliphatic carbocycles. The van der Waals surface area contributed by atoms with E-state index in [1.165, 1.54) is 36.5 Å². The number of nitrogens with zero attached hydrogens (tertiary/aromatic N) is 1. The molecule has 1 aromatic carbocycles. The number of primary amides is 1. The van der Waals surface area contributed by atoms with Crippen molar-refractivity contribution >= 4 is 11.7 Å². The molecule has 0 saturated heterocycles. The summed E-state index contributed by atoms with van der Waals surface area (Å²) < 4.78 is 39.0. The van der Waals surface area contributed by atoms with E-state index in [-0.39, 0.29) is 16.9 Å². The van der Waals surface area contributed by atoms with Crippen LogP contribution in [0.2, 0.25) is 0 Å². The van der Waals surface area contributed by atoms with Crippen molar-refractivity contribution in [1.29, 1.82) is 0 Å². The standard InChI is InChI=1S/C15H14F3N3O/c1-9(11-4-2-3-5-12(11)15(16,17)18)21-13-8-10(14(19)22)6-7-20-13/h2-9H,1H3,(H2,19,22)(H,20,21)/t9-/m0/s1. The third kappa shape index (κ3) is 3.55. The highest BCUT2D eigenvalue weighted by molar-refractivity contribution is 5.93. The zero-order valence-corrected chi connectivity index (χ0v) is 11.7. The SMILES string of the molecule is C[C@H](Nc1cc(C(N)=O)ccn1)c1ccccc1C(F)(F)F. The average molecular weight is 309 g/mol. The molecule has 0 saturated carbocycles. The largest absolute Gasteiger partial charge is 0.416 e. The van der Waals surface area contributed by atoms with Gasteiger partial charge in [0.25, 0.3) is 0 Å². The van der Waals surface area contributed by atoms with E-state index < -0.39 is 23.7 Å². The van der Waals surface area contributed by atoms with Crippen molar-refractivity contribution in [2.24, 2.45) is 5.73 Å². The summed E-state index contributed by atoms with van der Waals surface area (Å²) in [4.78, 5) is 15.1. The lowest BCUT2D eigenvalue weighted by Gasteiger charge is -2.20. The first-order valence-electron chi connectivity index (χ1n) is 6.47. The van der Waals surface area contributed by atoms with Gasteiger partial charge in [-0.3, -0.25) is 4.79 Å². The van der Waals surface area contributed by atoms with Gasteiger partial charge >= 0.3 is 6.18 Å². The molecule has 2 rings (SSSR count). The smallest absolute Gasteiger partial charge is 0.366 e. The monoisotopic (exact) mass is 309 g/mol. The van der Waals surface area contributed by atoms with E-state index in [0.29, 0.717) is 0 Å². The van der Waals surface area contributed by atoms with Crippen LogP contribution in [0.4, 0.5) is 19.0 Å². The van der Waals surface area contributed by atoms with Gasteiger partial charge in [0.2, 0.25) is 5.91 Å². The Bertz CT molecular complexity index is 686. The van der Waals surface area contributed by atoms with E-state index in [2.05, 4.69) is 10.3 Å². The molecule has 0 bridgehead atoms. The molecular formula is C15H14F3N3O. The van der Waals surface area contributed by atoms with Crippen LogP contribution >= 0.6 is 0 Å². The summed E-state index contributed by atoms with van der Waals surface area (Å²) in [7, 11) is 0. The van der Waals surface area contributed by atoms with Crippen molar-refractivity contribution in [1.82, 2.24) is 4.98 Å². The third-order valence-electron chi connectivity index (χ3n) is 3.14. The Morgan fingerprint density at radius 2 is 1.95 bits per heavy atom. The molecule has 0 aliphatic rings. The fraction of sp³-hybridized carbons (Fsp3) is 0.200. The Morgan fingerprint density at radius 1 is 1.27 bits per heavy atom. The number of carbonyl (C=O) groups excluding carboxylic acids is 1. The maximum atomic E-state index is 13.0. The van der Waals surface area contributed by atoms with E-state index in [1.54, 1.807) is 6.92 Å². The number of pyridine rings is 1. The summed E-state index contributed by atoms with van der Waals surface area (Å²) in [5.41, 5.74) is 4.78. The Kier molecular flexibility index (Phi) is 4.35. The molecule has 22 heavy (non-hydrogen) atoms. The molecule has 1 aromatic heterocycles. The second-order valence-electron chi connectivity index (χ2n) is 4.75. The third-order valence-corrected chi connectivity index (χ3v) is 3.14. The number of hydrogen-bond acceptors (Lipinski definition) is 3. The summed E-state index contributed by atoms with van der Waals surface area (Å²) >= 11 is 0. The van der Waals surface area contributed by atoms with E-state index in [9.17, 15) is 18.0 Å². The number of aromatic nitrogens is 1. The molecule has 3 N–H and O–H groups in total. The zero-order chi connectivity index (χ0) is 16.3. The van der Waals surface area contributed by atoms with Gasteiger partial charge in [-0.05, 0) is 30.7 Å². The Hall–Kier alpha value is -2.57. The Balaban J connectivity index is 2.28. The fourth-order valence-electron chi connectivity index (χ4n) is 2.10. The second-order valence-corrected chi connectivity index (χ2v) is 4.75. The van der Waals surface area contributed by atoms with Gasteiger partial charge in [0, 0.05) is 11.8 Å². The molecule has 0 radical (unpaired) electrons. The fourth-order valence-corrected chi connectivity index (χ4v) is 2.10. The van der Waals surface area contributed by atoms with Crippen LogP contribution in [0.25, 0.3) is 0 Å². The van der Waals surface area contributed by atoms with Crippen molar-refractivity contribution in [3.05, 3.63) is 59.3 Å². The van der Waals surface area contributed by atoms with Gasteiger partial charge in [0.05, 0.1) is 11.6 Å². The molecule has 0 fully saturated rings. The molecule has 1 heterocycles. The topological polar surface area (TPSA) is 68.0 Å². The van der Waals surface area contributed by atoms with Crippen LogP contribution < -0.4 is 11.1 Å². The van der Waals surface area contributed by atoms with Crippen molar-refractivity contribution in [3.8, 4) is 0 Å². The number of benzene rings is 1. The van der Waals surface area contributed by atoms with Crippen LogP contribution in [-0.2, 0) is 6.18 Å². The number of halogens is 3. The predicted octanol–water partition coefficient (Wildman–Crippen LogP) is 3.37. The first-order valence-corrected chi connectivity index (χ1v) is 6.47. The molecule has 7 heteroatoms. The maximum Gasteiger partial charge on any atom is 0.416 e. The number of nitrogens with one attached hydrogen (secondary N) is 1. The maximum absolute atomic E-state index is 13.0. The number of amides is 1. The number of carbonyl (C=O) groups is 1. The van der Waals surface area contributed by atoms with Gasteiger partial charge in [-0.2, -0.15) is 13.2 Å². The summed E-state index contributed by atoms with van der Waals surface area (Å²) in [6.07, 6.45) is -3.07. The first-order chi connectivity index (χ1) is 10.3. The van der Waals surface area contributed by atoms with E-state index >= 15 is 0 Å². The highest BCUT2D eigenvalue weighted by atomic mass is 19.4. The molecule has 0 unspecified atom stereocenters. The minimum atomic E-state index is -4.44. The normalized spacial score (nSPS) is 12.7. The van der Waals surface area contributed by atoms with Crippen LogP contribution in [0, 0.1) is 0 Å². The highest BCUT2D eigenvalue weighted by Crippen LogP contribution is 2.35. The number of anilines is 1. The lowest BCUT2D eigenvalue weighted by Crippen LogP contribution is -2.16. The lowest BCUT2D eigenvalue weighted by atomic mass is 10.0. The quantitative estimate of drug-likeness (QED) is 0.910. The summed E-state index contributed by atoms with van der Waals surface area (Å²) in [5, 5.41) is 2.85. The number of nitrogens with two attached hydrogens (primary N) is 1. The summed E-state index contributed by atoms with van der Waals surface area (Å²) in [6.45, 7) is 1.59.